The zero-order valence-corrected chi connectivity index (χ0v) is 16.6. The Kier molecular flexibility index (Phi) is 5.64. The molecule has 1 aliphatic heterocycles. The second-order valence-corrected chi connectivity index (χ2v) is 6.92. The Morgan fingerprint density at radius 1 is 1.12 bits per heavy atom. The zero-order valence-electron chi connectivity index (χ0n) is 16.6. The number of primary amides is 2. The molecule has 1 heterocycles. The van der Waals surface area contributed by atoms with Crippen LogP contribution in [0.2, 0.25) is 0 Å². The second kappa shape index (κ2) is 8.07. The molecule has 0 saturated carbocycles. The number of carbonyl (C=O) groups is 2. The van der Waals surface area contributed by atoms with Crippen LogP contribution in [0.25, 0.3) is 0 Å². The Hall–Kier alpha value is -4.33. The number of hydrogen-bond acceptors (Lipinski definition) is 4. The van der Waals surface area contributed by atoms with Crippen molar-refractivity contribution in [1.29, 1.82) is 10.7 Å². The summed E-state index contributed by atoms with van der Waals surface area (Å²) < 4.78 is 39.7. The monoisotopic (exact) mass is 442 g/mol. The van der Waals surface area contributed by atoms with E-state index >= 15 is 0 Å². The quantitative estimate of drug-likeness (QED) is 0.671. The first-order chi connectivity index (χ1) is 15.0. The minimum atomic E-state index is -4.65. The molecule has 0 saturated heterocycles. The average molecular weight is 442 g/mol. The van der Waals surface area contributed by atoms with E-state index in [2.05, 4.69) is 0 Å². The Bertz CT molecular complexity index is 1180. The van der Waals surface area contributed by atoms with Crippen LogP contribution in [0.3, 0.4) is 0 Å². The Morgan fingerprint density at radius 2 is 1.75 bits per heavy atom. The number of anilines is 1. The Labute approximate surface area is 180 Å². The summed E-state index contributed by atoms with van der Waals surface area (Å²) in [7, 11) is 0. The van der Waals surface area contributed by atoms with Crippen LogP contribution in [0.15, 0.2) is 59.8 Å². The normalized spacial score (nSPS) is 16.7. The molecule has 0 spiro atoms. The first-order valence-corrected chi connectivity index (χ1v) is 9.12. The van der Waals surface area contributed by atoms with Crippen molar-refractivity contribution in [1.82, 2.24) is 4.90 Å². The average Bonchev–Trinajstić information content (AvgIpc) is 2.72. The maximum atomic E-state index is 13.2. The molecule has 11 heteroatoms. The highest BCUT2D eigenvalue weighted by molar-refractivity contribution is 6.10. The largest absolute Gasteiger partial charge is 0.416 e. The first kappa shape index (κ1) is 22.4. The second-order valence-electron chi connectivity index (χ2n) is 6.92. The molecular weight excluding hydrogens is 425 g/mol. The van der Waals surface area contributed by atoms with E-state index in [1.54, 1.807) is 0 Å². The van der Waals surface area contributed by atoms with E-state index in [0.717, 1.165) is 28.0 Å². The molecular formula is C21H17F3N6O2. The first-order valence-electron chi connectivity index (χ1n) is 9.12. The van der Waals surface area contributed by atoms with Gasteiger partial charge >= 0.3 is 12.2 Å². The molecule has 2 aromatic carbocycles. The molecule has 8 nitrogen and oxygen atoms in total. The van der Waals surface area contributed by atoms with E-state index in [9.17, 15) is 22.8 Å². The number of alkyl halides is 3. The molecule has 1 unspecified atom stereocenters. The number of carbonyl (C=O) groups excluding carboxylic acids is 2. The highest BCUT2D eigenvalue weighted by Gasteiger charge is 2.42. The number of rotatable bonds is 3. The Morgan fingerprint density at radius 3 is 2.25 bits per heavy atom. The van der Waals surface area contributed by atoms with E-state index in [1.165, 1.54) is 37.3 Å². The van der Waals surface area contributed by atoms with Gasteiger partial charge in [0.1, 0.15) is 0 Å². The summed E-state index contributed by atoms with van der Waals surface area (Å²) in [5.41, 5.74) is 10.6. The van der Waals surface area contributed by atoms with Gasteiger partial charge in [-0.1, -0.05) is 18.2 Å². The fourth-order valence-corrected chi connectivity index (χ4v) is 3.57. The number of nitrogens with one attached hydrogen (secondary N) is 1. The highest BCUT2D eigenvalue weighted by atomic mass is 19.4. The summed E-state index contributed by atoms with van der Waals surface area (Å²) in [6, 6.07) is 9.56. The van der Waals surface area contributed by atoms with Crippen molar-refractivity contribution in [3.63, 3.8) is 0 Å². The number of nitrogens with zero attached hydrogens (tertiary/aromatic N) is 3. The predicted octanol–water partition coefficient (Wildman–Crippen LogP) is 3.21. The van der Waals surface area contributed by atoms with Crippen LogP contribution in [-0.2, 0) is 11.0 Å². The van der Waals surface area contributed by atoms with E-state index in [0.29, 0.717) is 11.1 Å². The fourth-order valence-electron chi connectivity index (χ4n) is 3.57. The molecule has 164 valence electrons. The van der Waals surface area contributed by atoms with E-state index in [4.69, 9.17) is 22.1 Å². The van der Waals surface area contributed by atoms with Gasteiger partial charge in [-0.2, -0.15) is 18.4 Å². The van der Waals surface area contributed by atoms with Crippen LogP contribution in [0.5, 0.6) is 0 Å². The lowest BCUT2D eigenvalue weighted by Crippen LogP contribution is -2.55. The molecule has 0 bridgehead atoms. The topological polar surface area (TPSA) is 140 Å². The minimum Gasteiger partial charge on any atom is -0.366 e. The third-order valence-electron chi connectivity index (χ3n) is 4.99. The summed E-state index contributed by atoms with van der Waals surface area (Å²) in [5.74, 6) is -1.51. The molecule has 0 radical (unpaired) electrons. The third kappa shape index (κ3) is 3.85. The number of guanidine groups is 1. The van der Waals surface area contributed by atoms with E-state index in [1.807, 2.05) is 6.07 Å². The molecule has 0 aromatic heterocycles. The lowest BCUT2D eigenvalue weighted by Gasteiger charge is -2.43. The maximum absolute atomic E-state index is 13.2. The number of nitriles is 1. The standard InChI is InChI=1S/C21H17F3N6O2/c1-11-16(18(26)31)17(13-7-5-12(10-25)6-8-13)30(20(28)32)19(27)29(11)15-4-2-3-14(9-15)21(22,23)24/h2-9,17,27H,1H3,(H2,26,31)(H2,28,32). The van der Waals surface area contributed by atoms with Crippen molar-refractivity contribution in [2.24, 2.45) is 11.5 Å². The van der Waals surface area contributed by atoms with Gasteiger partial charge in [-0.15, -0.1) is 0 Å². The van der Waals surface area contributed by atoms with Crippen LogP contribution in [0, 0.1) is 16.7 Å². The van der Waals surface area contributed by atoms with Crippen molar-refractivity contribution in [3.05, 3.63) is 76.5 Å². The van der Waals surface area contributed by atoms with Gasteiger partial charge in [0.25, 0.3) is 0 Å². The number of urea groups is 1. The van der Waals surface area contributed by atoms with E-state index < -0.39 is 35.7 Å². The van der Waals surface area contributed by atoms with Gasteiger partial charge in [0.15, 0.2) is 0 Å². The smallest absolute Gasteiger partial charge is 0.366 e. The zero-order chi connectivity index (χ0) is 23.8. The van der Waals surface area contributed by atoms with Gasteiger partial charge in [0.05, 0.1) is 28.8 Å². The van der Waals surface area contributed by atoms with Gasteiger partial charge in [0.2, 0.25) is 11.9 Å². The van der Waals surface area contributed by atoms with Gasteiger partial charge in [-0.25, -0.2) is 4.79 Å². The van der Waals surface area contributed by atoms with Gasteiger partial charge in [-0.05, 0) is 42.8 Å². The van der Waals surface area contributed by atoms with E-state index in [-0.39, 0.29) is 17.0 Å². The van der Waals surface area contributed by atoms with Crippen LogP contribution in [0.1, 0.15) is 29.7 Å². The van der Waals surface area contributed by atoms with Gasteiger partial charge in [0, 0.05) is 11.4 Å². The fraction of sp³-hybridized carbons (Fsp3) is 0.143. The molecule has 0 fully saturated rings. The summed E-state index contributed by atoms with van der Waals surface area (Å²) in [6.07, 6.45) is -4.65. The van der Waals surface area contributed by atoms with Gasteiger partial charge in [-0.3, -0.25) is 20.0 Å². The lowest BCUT2D eigenvalue weighted by molar-refractivity contribution is -0.137. The number of hydrogen-bond donors (Lipinski definition) is 3. The third-order valence-corrected chi connectivity index (χ3v) is 4.99. The molecule has 0 aliphatic carbocycles. The molecule has 3 amide bonds. The number of amides is 3. The highest BCUT2D eigenvalue weighted by Crippen LogP contribution is 2.40. The number of nitrogens with two attached hydrogens (primary N) is 2. The SMILES string of the molecule is CC1=C(C(N)=O)C(c2ccc(C#N)cc2)N(C(N)=O)C(=N)N1c1cccc(C(F)(F)F)c1. The summed E-state index contributed by atoms with van der Waals surface area (Å²) >= 11 is 0. The summed E-state index contributed by atoms with van der Waals surface area (Å²) in [6.45, 7) is 1.41. The molecule has 2 aromatic rings. The van der Waals surface area contributed by atoms with Crippen LogP contribution in [-0.4, -0.2) is 22.8 Å². The van der Waals surface area contributed by atoms with Crippen molar-refractivity contribution in [3.8, 4) is 6.07 Å². The van der Waals surface area contributed by atoms with Crippen LogP contribution < -0.4 is 16.4 Å². The van der Waals surface area contributed by atoms with Crippen molar-refractivity contribution < 1.29 is 22.8 Å². The van der Waals surface area contributed by atoms with Crippen molar-refractivity contribution >= 4 is 23.6 Å². The van der Waals surface area contributed by atoms with Crippen molar-refractivity contribution in [2.45, 2.75) is 19.1 Å². The molecule has 5 N–H and O–H groups in total. The molecule has 1 aliphatic rings. The lowest BCUT2D eigenvalue weighted by atomic mass is 9.92. The van der Waals surface area contributed by atoms with Crippen LogP contribution in [0.4, 0.5) is 23.7 Å². The predicted molar refractivity (Wildman–Crippen MR) is 109 cm³/mol. The maximum Gasteiger partial charge on any atom is 0.416 e. The number of halogens is 3. The molecule has 3 rings (SSSR count). The molecule has 1 atom stereocenters. The van der Waals surface area contributed by atoms with Gasteiger partial charge < -0.3 is 11.5 Å². The Balaban J connectivity index is 2.26. The van der Waals surface area contributed by atoms with Crippen LogP contribution >= 0.6 is 0 Å². The summed E-state index contributed by atoms with van der Waals surface area (Å²) in [5, 5.41) is 17.6. The summed E-state index contributed by atoms with van der Waals surface area (Å²) in [4.78, 5) is 26.5. The molecule has 32 heavy (non-hydrogen) atoms. The number of benzene rings is 2. The van der Waals surface area contributed by atoms with Crippen molar-refractivity contribution in [2.75, 3.05) is 4.90 Å². The number of allylic oxidation sites excluding steroid dienone is 1. The minimum absolute atomic E-state index is 0.0636.